The highest BCUT2D eigenvalue weighted by molar-refractivity contribution is 5.87. The van der Waals surface area contributed by atoms with E-state index in [1.54, 1.807) is 17.0 Å². The van der Waals surface area contributed by atoms with Gasteiger partial charge in [-0.3, -0.25) is 14.4 Å². The molecule has 1 aromatic carbocycles. The molecule has 6 N–H and O–H groups in total. The van der Waals surface area contributed by atoms with Crippen molar-refractivity contribution in [3.8, 4) is 0 Å². The summed E-state index contributed by atoms with van der Waals surface area (Å²) in [4.78, 5) is 53.6. The summed E-state index contributed by atoms with van der Waals surface area (Å²) in [5.41, 5.74) is 0.789. The third-order valence-corrected chi connectivity index (χ3v) is 13.2. The maximum absolute atomic E-state index is 14.1. The fraction of sp³-hybridized carbons (Fsp3) is 0.815. The van der Waals surface area contributed by atoms with E-state index in [0.717, 1.165) is 44.1 Å². The summed E-state index contributed by atoms with van der Waals surface area (Å²) < 4.78 is 11.3. The van der Waals surface area contributed by atoms with Crippen LogP contribution in [0, 0.1) is 0 Å². The van der Waals surface area contributed by atoms with Crippen molar-refractivity contribution in [2.75, 3.05) is 26.2 Å². The van der Waals surface area contributed by atoms with Crippen molar-refractivity contribution < 1.29 is 44.0 Å². The number of carbonyl (C=O) groups excluding carboxylic acids is 4. The number of hydrogen-bond acceptors (Lipinski definition) is 9. The molecule has 386 valence electrons. The first-order valence-electron chi connectivity index (χ1n) is 27.1. The molecule has 0 radical (unpaired) electrons. The smallest absolute Gasteiger partial charge is 0.407 e. The third-order valence-electron chi connectivity index (χ3n) is 13.2. The molecule has 0 aliphatic carbocycles. The zero-order valence-electron chi connectivity index (χ0n) is 42.2. The van der Waals surface area contributed by atoms with E-state index < -0.39 is 68.2 Å². The van der Waals surface area contributed by atoms with Crippen LogP contribution in [0.15, 0.2) is 30.3 Å². The van der Waals surface area contributed by atoms with Gasteiger partial charge in [-0.1, -0.05) is 230 Å². The van der Waals surface area contributed by atoms with E-state index in [1.807, 2.05) is 18.2 Å². The second kappa shape index (κ2) is 40.6. The number of aliphatic hydroxyl groups excluding tert-OH is 3. The summed E-state index contributed by atoms with van der Waals surface area (Å²) in [6, 6.07) is 7.86. The van der Waals surface area contributed by atoms with Crippen molar-refractivity contribution >= 4 is 23.8 Å². The lowest BCUT2D eigenvalue weighted by molar-refractivity contribution is -0.231. The molecule has 1 aliphatic heterocycles. The number of unbranched alkanes of at least 4 members (excludes halogenated alkanes) is 29. The van der Waals surface area contributed by atoms with Crippen molar-refractivity contribution in [2.24, 2.45) is 0 Å². The van der Waals surface area contributed by atoms with E-state index >= 15 is 0 Å². The molecule has 1 aliphatic rings. The molecule has 5 atom stereocenters. The van der Waals surface area contributed by atoms with Crippen molar-refractivity contribution in [3.05, 3.63) is 35.9 Å². The normalized spacial score (nSPS) is 18.1. The molecule has 13 heteroatoms. The van der Waals surface area contributed by atoms with Crippen LogP contribution in [0.25, 0.3) is 0 Å². The zero-order valence-corrected chi connectivity index (χ0v) is 42.2. The molecule has 0 aromatic heterocycles. The molecule has 1 aromatic rings. The average Bonchev–Trinajstić information content (AvgIpc) is 3.33. The number of nitrogens with zero attached hydrogens (tertiary/aromatic N) is 1. The van der Waals surface area contributed by atoms with Gasteiger partial charge in [0.25, 0.3) is 0 Å². The Balaban J connectivity index is 1.90. The molecule has 0 bridgehead atoms. The van der Waals surface area contributed by atoms with Gasteiger partial charge in [-0.05, 0) is 18.4 Å². The maximum atomic E-state index is 14.1. The SMILES string of the molecule is CCCCCCCCCCCCCCCCCCN(C(=O)CCCCCCCCCCCCCCCCC)[C@@H]1O[C@H](CO)[C@@H](O)[C@H](O)[C@H]1NC(=O)CNC(=O)CNC(=O)OCc1ccccc1. The molecular weight excluding hydrogens is 849 g/mol. The van der Waals surface area contributed by atoms with E-state index in [-0.39, 0.29) is 18.9 Å². The zero-order chi connectivity index (χ0) is 48.6. The average molecular weight is 945 g/mol. The predicted octanol–water partition coefficient (Wildman–Crippen LogP) is 10.3. The van der Waals surface area contributed by atoms with Gasteiger partial charge >= 0.3 is 6.09 Å². The Kier molecular flexibility index (Phi) is 36.3. The monoisotopic (exact) mass is 945 g/mol. The van der Waals surface area contributed by atoms with Gasteiger partial charge in [0.2, 0.25) is 17.7 Å². The molecule has 13 nitrogen and oxygen atoms in total. The number of benzene rings is 1. The van der Waals surface area contributed by atoms with Crippen LogP contribution >= 0.6 is 0 Å². The number of carbonyl (C=O) groups is 4. The van der Waals surface area contributed by atoms with Crippen molar-refractivity contribution in [2.45, 2.75) is 257 Å². The highest BCUT2D eigenvalue weighted by Crippen LogP contribution is 2.26. The summed E-state index contributed by atoms with van der Waals surface area (Å²) in [5.74, 6) is -1.50. The van der Waals surface area contributed by atoms with Gasteiger partial charge in [0.05, 0.1) is 13.2 Å². The Labute approximate surface area is 406 Å². The minimum absolute atomic E-state index is 0.0328. The van der Waals surface area contributed by atoms with Crippen molar-refractivity contribution in [1.82, 2.24) is 20.9 Å². The first-order valence-corrected chi connectivity index (χ1v) is 27.1. The largest absolute Gasteiger partial charge is 0.445 e. The molecule has 2 rings (SSSR count). The fourth-order valence-electron chi connectivity index (χ4n) is 8.94. The van der Waals surface area contributed by atoms with E-state index in [9.17, 15) is 34.5 Å². The van der Waals surface area contributed by atoms with E-state index in [0.29, 0.717) is 19.4 Å². The molecule has 1 fully saturated rings. The standard InChI is InChI=1S/C54H96N4O9/c1-3-5-7-9-11-13-15-17-19-21-23-25-27-29-31-36-40-58(49(62)39-35-30-28-26-24-22-20-18-16-14-12-10-8-6-4-2)53-50(52(64)51(63)46(43-59)67-53)57-48(61)42-55-47(60)41-56-54(65)66-44-45-37-33-32-34-38-45/h32-34,37-38,46,50-53,59,63-64H,3-31,35-36,39-44H2,1-2H3,(H,55,60)(H,56,65)(H,57,61)/t46-,50-,51-,52-,53-/m1/s1. The third kappa shape index (κ3) is 29.4. The second-order valence-electron chi connectivity index (χ2n) is 19.1. The topological polar surface area (TPSA) is 187 Å². The van der Waals surface area contributed by atoms with Crippen LogP contribution in [0.5, 0.6) is 0 Å². The lowest BCUT2D eigenvalue weighted by Crippen LogP contribution is -2.69. The quantitative estimate of drug-likeness (QED) is 0.0347. The molecule has 0 spiro atoms. The Morgan fingerprint density at radius 2 is 1.00 bits per heavy atom. The van der Waals surface area contributed by atoms with Crippen LogP contribution in [-0.2, 0) is 30.5 Å². The number of amides is 4. The lowest BCUT2D eigenvalue weighted by atomic mass is 9.94. The molecule has 67 heavy (non-hydrogen) atoms. The number of alkyl carbamates (subject to hydrolysis) is 1. The fourth-order valence-corrected chi connectivity index (χ4v) is 8.94. The van der Waals surface area contributed by atoms with E-state index in [1.165, 1.54) is 148 Å². The Morgan fingerprint density at radius 1 is 0.567 bits per heavy atom. The minimum Gasteiger partial charge on any atom is -0.445 e. The number of ether oxygens (including phenoxy) is 2. The summed E-state index contributed by atoms with van der Waals surface area (Å²) in [7, 11) is 0. The van der Waals surface area contributed by atoms with E-state index in [2.05, 4.69) is 29.8 Å². The van der Waals surface area contributed by atoms with E-state index in [4.69, 9.17) is 9.47 Å². The first-order chi connectivity index (χ1) is 32.7. The lowest BCUT2D eigenvalue weighted by Gasteiger charge is -2.47. The van der Waals surface area contributed by atoms with Gasteiger partial charge in [-0.2, -0.15) is 0 Å². The summed E-state index contributed by atoms with van der Waals surface area (Å²) in [5, 5.41) is 39.8. The highest BCUT2D eigenvalue weighted by atomic mass is 16.6. The van der Waals surface area contributed by atoms with Crippen molar-refractivity contribution in [3.63, 3.8) is 0 Å². The second-order valence-corrected chi connectivity index (χ2v) is 19.1. The molecular formula is C54H96N4O9. The molecule has 0 saturated carbocycles. The Bertz CT molecular complexity index is 1390. The van der Waals surface area contributed by atoms with Gasteiger partial charge in [0.1, 0.15) is 37.5 Å². The van der Waals surface area contributed by atoms with Gasteiger partial charge in [-0.25, -0.2) is 4.79 Å². The van der Waals surface area contributed by atoms with Crippen molar-refractivity contribution in [1.29, 1.82) is 0 Å². The summed E-state index contributed by atoms with van der Waals surface area (Å²) >= 11 is 0. The predicted molar refractivity (Wildman–Crippen MR) is 268 cm³/mol. The van der Waals surface area contributed by atoms with Gasteiger partial charge in [0, 0.05) is 13.0 Å². The molecule has 4 amide bonds. The van der Waals surface area contributed by atoms with Gasteiger partial charge in [-0.15, -0.1) is 0 Å². The minimum atomic E-state index is -1.57. The van der Waals surface area contributed by atoms with Crippen LogP contribution < -0.4 is 16.0 Å². The van der Waals surface area contributed by atoms with Gasteiger partial charge < -0.3 is 45.6 Å². The van der Waals surface area contributed by atoms with Crippen LogP contribution in [0.2, 0.25) is 0 Å². The molecule has 1 saturated heterocycles. The van der Waals surface area contributed by atoms with Crippen LogP contribution in [0.1, 0.15) is 225 Å². The summed E-state index contributed by atoms with van der Waals surface area (Å²) in [6.07, 6.45) is 31.8. The summed E-state index contributed by atoms with van der Waals surface area (Å²) in [6.45, 7) is 3.35. The molecule has 1 heterocycles. The molecule has 0 unspecified atom stereocenters. The Morgan fingerprint density at radius 3 is 1.46 bits per heavy atom. The maximum Gasteiger partial charge on any atom is 0.407 e. The van der Waals surface area contributed by atoms with Crippen LogP contribution in [0.3, 0.4) is 0 Å². The Hall–Kier alpha value is -3.26. The number of rotatable bonds is 42. The number of aliphatic hydroxyl groups is 3. The van der Waals surface area contributed by atoms with Crippen LogP contribution in [-0.4, -0.2) is 101 Å². The number of nitrogens with one attached hydrogen (secondary N) is 3. The number of hydrogen-bond donors (Lipinski definition) is 6. The highest BCUT2D eigenvalue weighted by Gasteiger charge is 2.48. The van der Waals surface area contributed by atoms with Gasteiger partial charge in [0.15, 0.2) is 6.23 Å². The first kappa shape index (κ1) is 59.9. The van der Waals surface area contributed by atoms with Crippen LogP contribution in [0.4, 0.5) is 4.79 Å².